The van der Waals surface area contributed by atoms with Crippen molar-refractivity contribution in [2.75, 3.05) is 32.1 Å². The maximum absolute atomic E-state index is 13.1. The highest BCUT2D eigenvalue weighted by molar-refractivity contribution is 6.00. The molecular formula is C14H17FN2O4. The molecule has 2 amide bonds. The number of hydrogen-bond donors (Lipinski definition) is 2. The molecular weight excluding hydrogens is 279 g/mol. The molecule has 0 spiro atoms. The first-order valence-electron chi connectivity index (χ1n) is 6.18. The third-order valence-electron chi connectivity index (χ3n) is 2.66. The summed E-state index contributed by atoms with van der Waals surface area (Å²) in [5.74, 6) is -2.01. The Labute approximate surface area is 121 Å². The zero-order chi connectivity index (χ0) is 15.8. The number of nitrogens with zero attached hydrogens (tertiary/aromatic N) is 1. The molecule has 21 heavy (non-hydrogen) atoms. The molecule has 0 aliphatic heterocycles. The maximum Gasteiger partial charge on any atom is 0.337 e. The Hall–Kier alpha value is -2.41. The summed E-state index contributed by atoms with van der Waals surface area (Å²) in [7, 11) is 1.51. The van der Waals surface area contributed by atoms with E-state index in [-0.39, 0.29) is 17.8 Å². The van der Waals surface area contributed by atoms with Crippen LogP contribution in [0.4, 0.5) is 14.9 Å². The molecule has 2 N–H and O–H groups in total. The Morgan fingerprint density at radius 3 is 2.81 bits per heavy atom. The second-order valence-electron chi connectivity index (χ2n) is 4.15. The normalized spacial score (nSPS) is 10.0. The fourth-order valence-electron chi connectivity index (χ4n) is 1.63. The number of carboxylic acid groups (broad SMARTS) is 1. The molecule has 0 heterocycles. The van der Waals surface area contributed by atoms with Crippen LogP contribution in [0.15, 0.2) is 30.9 Å². The highest BCUT2D eigenvalue weighted by atomic mass is 19.1. The van der Waals surface area contributed by atoms with Gasteiger partial charge in [0.15, 0.2) is 0 Å². The zero-order valence-electron chi connectivity index (χ0n) is 11.6. The van der Waals surface area contributed by atoms with E-state index in [1.54, 1.807) is 0 Å². The Balaban J connectivity index is 2.90. The average molecular weight is 296 g/mol. The first-order valence-corrected chi connectivity index (χ1v) is 6.18. The fraction of sp³-hybridized carbons (Fsp3) is 0.286. The number of amides is 2. The predicted molar refractivity (Wildman–Crippen MR) is 76.0 cm³/mol. The van der Waals surface area contributed by atoms with Gasteiger partial charge >= 0.3 is 12.0 Å². The average Bonchev–Trinajstić information content (AvgIpc) is 2.45. The number of ether oxygens (including phenoxy) is 1. The minimum Gasteiger partial charge on any atom is -0.478 e. The molecule has 1 rings (SSSR count). The lowest BCUT2D eigenvalue weighted by Gasteiger charge is -2.21. The summed E-state index contributed by atoms with van der Waals surface area (Å²) in [4.78, 5) is 24.5. The van der Waals surface area contributed by atoms with Crippen molar-refractivity contribution in [2.45, 2.75) is 0 Å². The lowest BCUT2D eigenvalue weighted by Crippen LogP contribution is -2.37. The van der Waals surface area contributed by atoms with Crippen LogP contribution in [0.25, 0.3) is 0 Å². The molecule has 0 aromatic heterocycles. The van der Waals surface area contributed by atoms with Crippen molar-refractivity contribution in [1.82, 2.24) is 4.90 Å². The van der Waals surface area contributed by atoms with Gasteiger partial charge in [-0.2, -0.15) is 0 Å². The quantitative estimate of drug-likeness (QED) is 0.756. The summed E-state index contributed by atoms with van der Waals surface area (Å²) < 4.78 is 18.0. The van der Waals surface area contributed by atoms with Gasteiger partial charge in [0, 0.05) is 20.2 Å². The molecule has 1 aromatic carbocycles. The predicted octanol–water partition coefficient (Wildman–Crippen LogP) is 2.19. The highest BCUT2D eigenvalue weighted by Crippen LogP contribution is 2.17. The molecule has 6 nitrogen and oxygen atoms in total. The van der Waals surface area contributed by atoms with Crippen LogP contribution < -0.4 is 5.32 Å². The maximum atomic E-state index is 13.1. The summed E-state index contributed by atoms with van der Waals surface area (Å²) in [6.45, 7) is 4.47. The third kappa shape index (κ3) is 4.88. The van der Waals surface area contributed by atoms with Gasteiger partial charge in [-0.05, 0) is 18.2 Å². The minimum absolute atomic E-state index is 0.0281. The lowest BCUT2D eigenvalue weighted by atomic mass is 10.1. The Bertz CT molecular complexity index is 534. The number of carbonyl (C=O) groups is 2. The van der Waals surface area contributed by atoms with E-state index >= 15 is 0 Å². The van der Waals surface area contributed by atoms with Crippen LogP contribution in [0.3, 0.4) is 0 Å². The van der Waals surface area contributed by atoms with E-state index in [0.29, 0.717) is 13.2 Å². The molecule has 0 atom stereocenters. The molecule has 0 aliphatic rings. The van der Waals surface area contributed by atoms with Gasteiger partial charge < -0.3 is 20.1 Å². The summed E-state index contributed by atoms with van der Waals surface area (Å²) in [6.07, 6.45) is 1.54. The highest BCUT2D eigenvalue weighted by Gasteiger charge is 2.17. The number of carboxylic acids is 1. The van der Waals surface area contributed by atoms with Crippen LogP contribution in [0, 0.1) is 5.82 Å². The molecule has 0 unspecified atom stereocenters. The number of carbonyl (C=O) groups excluding carboxylic acids is 1. The van der Waals surface area contributed by atoms with Crippen molar-refractivity contribution in [2.24, 2.45) is 0 Å². The molecule has 7 heteroatoms. The van der Waals surface area contributed by atoms with Crippen molar-refractivity contribution in [3.05, 3.63) is 42.2 Å². The standard InChI is InChI=1S/C14H17FN2O4/c1-3-6-17(7-8-21-2)14(20)16-12-5-4-10(15)9-11(12)13(18)19/h3-5,9H,1,6-8H2,2H3,(H,16,20)(H,18,19). The minimum atomic E-state index is -1.32. The molecule has 0 fully saturated rings. The summed E-state index contributed by atoms with van der Waals surface area (Å²) >= 11 is 0. The summed E-state index contributed by atoms with van der Waals surface area (Å²) in [5.41, 5.74) is -0.283. The van der Waals surface area contributed by atoms with E-state index in [1.165, 1.54) is 24.2 Å². The SMILES string of the molecule is C=CCN(CCOC)C(=O)Nc1ccc(F)cc1C(=O)O. The number of benzene rings is 1. The first-order chi connectivity index (χ1) is 9.99. The van der Waals surface area contributed by atoms with Crippen LogP contribution in [0.5, 0.6) is 0 Å². The van der Waals surface area contributed by atoms with Crippen molar-refractivity contribution < 1.29 is 23.8 Å². The van der Waals surface area contributed by atoms with Crippen molar-refractivity contribution >= 4 is 17.7 Å². The van der Waals surface area contributed by atoms with Gasteiger partial charge in [-0.15, -0.1) is 6.58 Å². The monoisotopic (exact) mass is 296 g/mol. The number of anilines is 1. The number of halogens is 1. The van der Waals surface area contributed by atoms with Gasteiger partial charge in [0.25, 0.3) is 0 Å². The second-order valence-corrected chi connectivity index (χ2v) is 4.15. The van der Waals surface area contributed by atoms with Crippen LogP contribution >= 0.6 is 0 Å². The van der Waals surface area contributed by atoms with Crippen LogP contribution in [0.2, 0.25) is 0 Å². The van der Waals surface area contributed by atoms with E-state index in [1.807, 2.05) is 0 Å². The molecule has 1 aromatic rings. The van der Waals surface area contributed by atoms with E-state index in [9.17, 15) is 14.0 Å². The van der Waals surface area contributed by atoms with Gasteiger partial charge in [-0.1, -0.05) is 6.08 Å². The largest absolute Gasteiger partial charge is 0.478 e. The summed E-state index contributed by atoms with van der Waals surface area (Å²) in [6, 6.07) is 2.63. The van der Waals surface area contributed by atoms with E-state index in [2.05, 4.69) is 11.9 Å². The Morgan fingerprint density at radius 1 is 1.52 bits per heavy atom. The Morgan fingerprint density at radius 2 is 2.24 bits per heavy atom. The Kier molecular flexibility index (Phi) is 6.35. The second kappa shape index (κ2) is 8.01. The number of rotatable bonds is 7. The molecule has 114 valence electrons. The van der Waals surface area contributed by atoms with Crippen LogP contribution in [-0.2, 0) is 4.74 Å². The number of nitrogens with one attached hydrogen (secondary N) is 1. The topological polar surface area (TPSA) is 78.9 Å². The van der Waals surface area contributed by atoms with Gasteiger partial charge in [0.05, 0.1) is 17.9 Å². The summed E-state index contributed by atoms with van der Waals surface area (Å²) in [5, 5.41) is 11.5. The lowest BCUT2D eigenvalue weighted by molar-refractivity contribution is 0.0697. The van der Waals surface area contributed by atoms with Gasteiger partial charge in [0.2, 0.25) is 0 Å². The van der Waals surface area contributed by atoms with Crippen molar-refractivity contribution in [3.8, 4) is 0 Å². The molecule has 0 saturated heterocycles. The van der Waals surface area contributed by atoms with E-state index in [4.69, 9.17) is 9.84 Å². The molecule has 0 saturated carbocycles. The van der Waals surface area contributed by atoms with Gasteiger partial charge in [-0.3, -0.25) is 0 Å². The van der Waals surface area contributed by atoms with Crippen molar-refractivity contribution in [1.29, 1.82) is 0 Å². The zero-order valence-corrected chi connectivity index (χ0v) is 11.6. The van der Waals surface area contributed by atoms with Crippen molar-refractivity contribution in [3.63, 3.8) is 0 Å². The number of aromatic carboxylic acids is 1. The van der Waals surface area contributed by atoms with Crippen LogP contribution in [-0.4, -0.2) is 48.8 Å². The first kappa shape index (κ1) is 16.6. The molecule has 0 bridgehead atoms. The number of methoxy groups -OCH3 is 1. The number of hydrogen-bond acceptors (Lipinski definition) is 3. The smallest absolute Gasteiger partial charge is 0.337 e. The fourth-order valence-corrected chi connectivity index (χ4v) is 1.63. The van der Waals surface area contributed by atoms with Gasteiger partial charge in [-0.25, -0.2) is 14.0 Å². The molecule has 0 radical (unpaired) electrons. The third-order valence-corrected chi connectivity index (χ3v) is 2.66. The van der Waals surface area contributed by atoms with Gasteiger partial charge in [0.1, 0.15) is 5.82 Å². The van der Waals surface area contributed by atoms with E-state index in [0.717, 1.165) is 12.1 Å². The van der Waals surface area contributed by atoms with Crippen LogP contribution in [0.1, 0.15) is 10.4 Å². The number of urea groups is 1. The van der Waals surface area contributed by atoms with E-state index < -0.39 is 17.8 Å². The molecule has 0 aliphatic carbocycles.